The molecule has 0 aromatic carbocycles. The Hall–Kier alpha value is 0.310. The maximum absolute atomic E-state index is 2.71. The van der Waals surface area contributed by atoms with Gasteiger partial charge in [0.15, 0.2) is 0 Å². The number of fused-ring (bicyclic) bond motifs is 2. The van der Waals surface area contributed by atoms with E-state index in [1.165, 1.54) is 39.0 Å². The van der Waals surface area contributed by atoms with Crippen LogP contribution in [0.5, 0.6) is 0 Å². The van der Waals surface area contributed by atoms with Crippen LogP contribution in [-0.2, 0) is 0 Å². The molecule has 0 radical (unpaired) electrons. The van der Waals surface area contributed by atoms with E-state index in [0.29, 0.717) is 13.2 Å². The molecule has 4 heteroatoms. The smallest absolute Gasteiger partial charge is 0.0701 e. The van der Waals surface area contributed by atoms with Crippen LogP contribution in [0.15, 0.2) is 0 Å². The van der Waals surface area contributed by atoms with Crippen LogP contribution >= 0.6 is 7.92 Å². The zero-order chi connectivity index (χ0) is 7.05. The second kappa shape index (κ2) is 1.51. The number of rotatable bonds is 0. The first-order valence-corrected chi connectivity index (χ1v) is 6.03. The zero-order valence-electron chi connectivity index (χ0n) is 6.53. The summed E-state index contributed by atoms with van der Waals surface area (Å²) >= 11 is 0. The number of hydrogen-bond acceptors (Lipinski definition) is 3. The van der Waals surface area contributed by atoms with Crippen LogP contribution in [0, 0.1) is 0 Å². The Balaban J connectivity index is 1.89. The molecule has 0 aliphatic carbocycles. The molecule has 1 spiro atoms. The summed E-state index contributed by atoms with van der Waals surface area (Å²) in [7, 11) is 0.406. The average Bonchev–Trinajstić information content (AvgIpc) is 2.28. The summed E-state index contributed by atoms with van der Waals surface area (Å²) in [6.07, 6.45) is 2.89. The zero-order valence-corrected chi connectivity index (χ0v) is 7.43. The molecule has 4 saturated heterocycles. The Morgan fingerprint density at radius 2 is 1.91 bits per heavy atom. The minimum Gasteiger partial charge on any atom is -0.284 e. The molecule has 3 nitrogen and oxygen atoms in total. The summed E-state index contributed by atoms with van der Waals surface area (Å²) < 4.78 is 0. The fourth-order valence-electron chi connectivity index (χ4n) is 3.17. The SMILES string of the molecule is C1N2CN3CP4CN1CC34C2. The maximum atomic E-state index is 2.71. The van der Waals surface area contributed by atoms with E-state index < -0.39 is 0 Å². The van der Waals surface area contributed by atoms with Gasteiger partial charge in [-0.3, -0.25) is 14.7 Å². The van der Waals surface area contributed by atoms with Gasteiger partial charge >= 0.3 is 0 Å². The Morgan fingerprint density at radius 1 is 1.00 bits per heavy atom. The maximum Gasteiger partial charge on any atom is 0.0701 e. The topological polar surface area (TPSA) is 9.72 Å². The fourth-order valence-corrected chi connectivity index (χ4v) is 6.33. The molecule has 4 heterocycles. The van der Waals surface area contributed by atoms with Crippen molar-refractivity contribution < 1.29 is 0 Å². The molecule has 4 aliphatic heterocycles. The molecule has 3 bridgehead atoms. The van der Waals surface area contributed by atoms with Crippen LogP contribution in [0.3, 0.4) is 0 Å². The number of hydrogen-bond donors (Lipinski definition) is 0. The largest absolute Gasteiger partial charge is 0.284 e. The third-order valence-electron chi connectivity index (χ3n) is 3.61. The van der Waals surface area contributed by atoms with E-state index in [1.807, 2.05) is 0 Å². The van der Waals surface area contributed by atoms with Crippen LogP contribution in [0.2, 0.25) is 0 Å². The summed E-state index contributed by atoms with van der Waals surface area (Å²) in [5.41, 5.74) is 0. The molecule has 4 fully saturated rings. The molecule has 0 saturated carbocycles. The first-order chi connectivity index (χ1) is 5.37. The van der Waals surface area contributed by atoms with Crippen molar-refractivity contribution in [2.75, 3.05) is 39.0 Å². The molecule has 11 heavy (non-hydrogen) atoms. The molecule has 0 N–H and O–H groups in total. The molecule has 4 aliphatic rings. The molecule has 4 unspecified atom stereocenters. The van der Waals surface area contributed by atoms with Crippen LogP contribution in [0.4, 0.5) is 0 Å². The highest BCUT2D eigenvalue weighted by molar-refractivity contribution is 7.61. The van der Waals surface area contributed by atoms with E-state index in [-0.39, 0.29) is 0 Å². The summed E-state index contributed by atoms with van der Waals surface area (Å²) in [5, 5.41) is 0.716. The van der Waals surface area contributed by atoms with Crippen molar-refractivity contribution in [1.82, 2.24) is 14.7 Å². The van der Waals surface area contributed by atoms with Gasteiger partial charge in [0, 0.05) is 25.7 Å². The highest BCUT2D eigenvalue weighted by atomic mass is 31.1. The fraction of sp³-hybridized carbons (Fsp3) is 1.00. The van der Waals surface area contributed by atoms with E-state index in [9.17, 15) is 0 Å². The summed E-state index contributed by atoms with van der Waals surface area (Å²) in [6.45, 7) is 5.33. The van der Waals surface area contributed by atoms with E-state index in [0.717, 1.165) is 0 Å². The van der Waals surface area contributed by atoms with Crippen molar-refractivity contribution in [3.05, 3.63) is 0 Å². The van der Waals surface area contributed by atoms with Crippen LogP contribution < -0.4 is 0 Å². The highest BCUT2D eigenvalue weighted by Crippen LogP contribution is 2.69. The van der Waals surface area contributed by atoms with Gasteiger partial charge in [-0.1, -0.05) is 7.92 Å². The van der Waals surface area contributed by atoms with E-state index in [4.69, 9.17) is 0 Å². The molecular formula is C7H12N3P. The van der Waals surface area contributed by atoms with Crippen molar-refractivity contribution in [1.29, 1.82) is 0 Å². The normalized spacial score (nSPS) is 64.9. The van der Waals surface area contributed by atoms with Gasteiger partial charge in [0.25, 0.3) is 0 Å². The first kappa shape index (κ1) is 5.87. The van der Waals surface area contributed by atoms with Gasteiger partial charge < -0.3 is 0 Å². The van der Waals surface area contributed by atoms with E-state index >= 15 is 0 Å². The minimum atomic E-state index is 0.406. The minimum absolute atomic E-state index is 0.406. The second-order valence-corrected chi connectivity index (χ2v) is 6.76. The standard InChI is InChI=1S/C7H12N3P/c1-7-2-9-3-8(1)4-10(7)6-11(7)5-9/h1-6H2. The van der Waals surface area contributed by atoms with E-state index in [2.05, 4.69) is 14.7 Å². The van der Waals surface area contributed by atoms with Crippen molar-refractivity contribution in [3.63, 3.8) is 0 Å². The summed E-state index contributed by atoms with van der Waals surface area (Å²) in [4.78, 5) is 7.98. The predicted molar refractivity (Wildman–Crippen MR) is 44.4 cm³/mol. The monoisotopic (exact) mass is 169 g/mol. The Labute approximate surface area is 67.7 Å². The van der Waals surface area contributed by atoms with Crippen molar-refractivity contribution >= 4 is 7.92 Å². The molecule has 0 aromatic rings. The summed E-state index contributed by atoms with van der Waals surface area (Å²) in [5.74, 6) is 0. The molecule has 60 valence electrons. The van der Waals surface area contributed by atoms with Crippen molar-refractivity contribution in [2.24, 2.45) is 0 Å². The molecule has 4 rings (SSSR count). The van der Waals surface area contributed by atoms with Gasteiger partial charge in [-0.25, -0.2) is 0 Å². The lowest BCUT2D eigenvalue weighted by atomic mass is 10.2. The molecule has 0 amide bonds. The lowest BCUT2D eigenvalue weighted by molar-refractivity contribution is 0.142. The van der Waals surface area contributed by atoms with Gasteiger partial charge in [-0.05, 0) is 0 Å². The molecule has 0 aromatic heterocycles. The van der Waals surface area contributed by atoms with Crippen LogP contribution in [0.1, 0.15) is 0 Å². The third-order valence-corrected chi connectivity index (χ3v) is 6.78. The highest BCUT2D eigenvalue weighted by Gasteiger charge is 2.64. The van der Waals surface area contributed by atoms with Gasteiger partial charge in [0.05, 0.1) is 18.6 Å². The number of nitrogens with zero attached hydrogens (tertiary/aromatic N) is 3. The predicted octanol–water partition coefficient (Wildman–Crippen LogP) is -0.0450. The Morgan fingerprint density at radius 3 is 2.91 bits per heavy atom. The quantitative estimate of drug-likeness (QED) is 0.471. The van der Waals surface area contributed by atoms with E-state index in [1.54, 1.807) is 0 Å². The van der Waals surface area contributed by atoms with Gasteiger partial charge in [-0.15, -0.1) is 0 Å². The Kier molecular flexibility index (Phi) is 0.807. The summed E-state index contributed by atoms with van der Waals surface area (Å²) in [6, 6.07) is 0. The Bertz CT molecular complexity index is 206. The van der Waals surface area contributed by atoms with Gasteiger partial charge in [0.2, 0.25) is 0 Å². The lowest BCUT2D eigenvalue weighted by Crippen LogP contribution is -2.55. The second-order valence-electron chi connectivity index (χ2n) is 4.29. The van der Waals surface area contributed by atoms with Crippen molar-refractivity contribution in [3.8, 4) is 0 Å². The molecular weight excluding hydrogens is 157 g/mol. The van der Waals surface area contributed by atoms with Crippen LogP contribution in [0.25, 0.3) is 0 Å². The average molecular weight is 169 g/mol. The van der Waals surface area contributed by atoms with Gasteiger partial charge in [0.1, 0.15) is 0 Å². The third kappa shape index (κ3) is 0.485. The van der Waals surface area contributed by atoms with Crippen LogP contribution in [-0.4, -0.2) is 59.0 Å². The first-order valence-electron chi connectivity index (χ1n) is 4.32. The lowest BCUT2D eigenvalue weighted by Gasteiger charge is -2.49. The van der Waals surface area contributed by atoms with Crippen molar-refractivity contribution in [2.45, 2.75) is 5.28 Å². The molecule has 4 atom stereocenters. The van der Waals surface area contributed by atoms with Gasteiger partial charge in [-0.2, -0.15) is 0 Å².